The van der Waals surface area contributed by atoms with Gasteiger partial charge in [0.05, 0.1) is 5.69 Å². The number of hydrogen-bond donors (Lipinski definition) is 2. The molecule has 5 nitrogen and oxygen atoms in total. The fourth-order valence-electron chi connectivity index (χ4n) is 2.46. The maximum absolute atomic E-state index is 4.68. The van der Waals surface area contributed by atoms with Crippen molar-refractivity contribution < 1.29 is 0 Å². The van der Waals surface area contributed by atoms with Gasteiger partial charge in [-0.1, -0.05) is 18.2 Å². The molecule has 0 amide bonds. The third-order valence-corrected chi connectivity index (χ3v) is 3.85. The first-order chi connectivity index (χ1) is 11.2. The van der Waals surface area contributed by atoms with Gasteiger partial charge in [0.25, 0.3) is 0 Å². The van der Waals surface area contributed by atoms with E-state index in [9.17, 15) is 0 Å². The van der Waals surface area contributed by atoms with Gasteiger partial charge >= 0.3 is 0 Å². The zero-order valence-electron chi connectivity index (χ0n) is 13.9. The molecule has 0 unspecified atom stereocenters. The average molecular weight is 311 g/mol. The van der Waals surface area contributed by atoms with Gasteiger partial charge < -0.3 is 15.5 Å². The zero-order valence-corrected chi connectivity index (χ0v) is 13.9. The van der Waals surface area contributed by atoms with Gasteiger partial charge in [0.1, 0.15) is 5.82 Å². The van der Waals surface area contributed by atoms with E-state index >= 15 is 0 Å². The molecule has 23 heavy (non-hydrogen) atoms. The molecule has 0 atom stereocenters. The second-order valence-corrected chi connectivity index (χ2v) is 6.35. The van der Waals surface area contributed by atoms with Crippen LogP contribution in [0.25, 0.3) is 0 Å². The molecule has 5 heteroatoms. The van der Waals surface area contributed by atoms with E-state index in [1.54, 1.807) is 0 Å². The maximum Gasteiger partial charge on any atom is 0.224 e. The van der Waals surface area contributed by atoms with E-state index in [1.807, 2.05) is 30.3 Å². The monoisotopic (exact) mass is 311 g/mol. The van der Waals surface area contributed by atoms with Gasteiger partial charge in [-0.2, -0.15) is 4.98 Å². The summed E-state index contributed by atoms with van der Waals surface area (Å²) < 4.78 is 0. The topological polar surface area (TPSA) is 53.1 Å². The summed E-state index contributed by atoms with van der Waals surface area (Å²) in [6.45, 7) is 1.95. The van der Waals surface area contributed by atoms with E-state index in [0.717, 1.165) is 42.7 Å². The average Bonchev–Trinajstić information content (AvgIpc) is 3.37. The van der Waals surface area contributed by atoms with Crippen molar-refractivity contribution >= 4 is 17.5 Å². The van der Waals surface area contributed by atoms with Gasteiger partial charge in [0, 0.05) is 24.2 Å². The Morgan fingerprint density at radius 2 is 1.91 bits per heavy atom. The molecule has 0 saturated heterocycles. The van der Waals surface area contributed by atoms with Crippen LogP contribution in [0, 0.1) is 0 Å². The number of rotatable bonds is 8. The lowest BCUT2D eigenvalue weighted by atomic mass is 10.2. The third kappa shape index (κ3) is 4.93. The predicted octanol–water partition coefficient (Wildman–Crippen LogP) is 3.46. The van der Waals surface area contributed by atoms with Gasteiger partial charge in [-0.05, 0) is 52.0 Å². The minimum atomic E-state index is 0.608. The first-order valence-electron chi connectivity index (χ1n) is 8.30. The number of benzene rings is 1. The number of nitrogens with zero attached hydrogens (tertiary/aromatic N) is 3. The van der Waals surface area contributed by atoms with Crippen LogP contribution < -0.4 is 10.6 Å². The Morgan fingerprint density at radius 3 is 2.61 bits per heavy atom. The van der Waals surface area contributed by atoms with E-state index in [4.69, 9.17) is 0 Å². The Morgan fingerprint density at radius 1 is 1.13 bits per heavy atom. The van der Waals surface area contributed by atoms with Crippen LogP contribution in [0.4, 0.5) is 17.5 Å². The Balaban J connectivity index is 1.68. The molecule has 1 saturated carbocycles. The van der Waals surface area contributed by atoms with Gasteiger partial charge in [-0.25, -0.2) is 4.98 Å². The van der Waals surface area contributed by atoms with Crippen molar-refractivity contribution in [2.75, 3.05) is 37.8 Å². The normalized spacial score (nSPS) is 14.0. The summed E-state index contributed by atoms with van der Waals surface area (Å²) in [6, 6.07) is 12.2. The summed E-state index contributed by atoms with van der Waals surface area (Å²) in [5.74, 6) is 2.20. The molecule has 2 N–H and O–H groups in total. The van der Waals surface area contributed by atoms with Crippen LogP contribution in [0.5, 0.6) is 0 Å². The van der Waals surface area contributed by atoms with Crippen LogP contribution in [-0.4, -0.2) is 42.1 Å². The first-order valence-corrected chi connectivity index (χ1v) is 8.30. The third-order valence-electron chi connectivity index (χ3n) is 3.85. The van der Waals surface area contributed by atoms with E-state index in [2.05, 4.69) is 45.7 Å². The number of aromatic nitrogens is 2. The van der Waals surface area contributed by atoms with Gasteiger partial charge in [-0.3, -0.25) is 0 Å². The summed E-state index contributed by atoms with van der Waals surface area (Å²) in [4.78, 5) is 11.5. The van der Waals surface area contributed by atoms with Crippen molar-refractivity contribution in [2.24, 2.45) is 0 Å². The summed E-state index contributed by atoms with van der Waals surface area (Å²) in [7, 11) is 4.18. The molecule has 122 valence electrons. The second kappa shape index (κ2) is 7.42. The van der Waals surface area contributed by atoms with Crippen molar-refractivity contribution in [3.63, 3.8) is 0 Å². The molecule has 0 radical (unpaired) electrons. The van der Waals surface area contributed by atoms with Crippen LogP contribution in [0.15, 0.2) is 36.4 Å². The van der Waals surface area contributed by atoms with Crippen molar-refractivity contribution in [2.45, 2.75) is 25.2 Å². The molecular formula is C18H25N5. The summed E-state index contributed by atoms with van der Waals surface area (Å²) in [5.41, 5.74) is 2.19. The van der Waals surface area contributed by atoms with Gasteiger partial charge in [0.2, 0.25) is 5.95 Å². The number of para-hydroxylation sites is 1. The molecule has 1 heterocycles. The van der Waals surface area contributed by atoms with Gasteiger partial charge in [-0.15, -0.1) is 0 Å². The highest BCUT2D eigenvalue weighted by molar-refractivity contribution is 5.57. The van der Waals surface area contributed by atoms with Crippen LogP contribution in [-0.2, 0) is 0 Å². The molecule has 1 aliphatic rings. The molecule has 0 spiro atoms. The van der Waals surface area contributed by atoms with Crippen molar-refractivity contribution in [1.82, 2.24) is 14.9 Å². The molecule has 0 bridgehead atoms. The lowest BCUT2D eigenvalue weighted by Crippen LogP contribution is -2.17. The largest absolute Gasteiger partial charge is 0.354 e. The molecular weight excluding hydrogens is 286 g/mol. The van der Waals surface area contributed by atoms with Crippen molar-refractivity contribution in [1.29, 1.82) is 0 Å². The quantitative estimate of drug-likeness (QED) is 0.731. The fourth-order valence-corrected chi connectivity index (χ4v) is 2.46. The lowest BCUT2D eigenvalue weighted by molar-refractivity contribution is 0.405. The zero-order chi connectivity index (χ0) is 16.1. The van der Waals surface area contributed by atoms with Gasteiger partial charge in [0.15, 0.2) is 0 Å². The molecule has 1 fully saturated rings. The van der Waals surface area contributed by atoms with Crippen LogP contribution >= 0.6 is 0 Å². The summed E-state index contributed by atoms with van der Waals surface area (Å²) in [6.07, 6.45) is 3.55. The number of anilines is 3. The van der Waals surface area contributed by atoms with Crippen LogP contribution in [0.3, 0.4) is 0 Å². The van der Waals surface area contributed by atoms with Crippen LogP contribution in [0.2, 0.25) is 0 Å². The first kappa shape index (κ1) is 15.7. The lowest BCUT2D eigenvalue weighted by Gasteiger charge is -2.12. The molecule has 2 aromatic rings. The van der Waals surface area contributed by atoms with Crippen molar-refractivity contribution in [3.05, 3.63) is 42.1 Å². The summed E-state index contributed by atoms with van der Waals surface area (Å²) in [5, 5.41) is 6.74. The molecule has 1 aromatic heterocycles. The Labute approximate surface area is 138 Å². The minimum Gasteiger partial charge on any atom is -0.354 e. The molecule has 3 rings (SSSR count). The minimum absolute atomic E-state index is 0.608. The maximum atomic E-state index is 4.68. The SMILES string of the molecule is CN(C)CCCNc1nc(Nc2ccccc2)cc(C2CC2)n1. The van der Waals surface area contributed by atoms with Crippen molar-refractivity contribution in [3.8, 4) is 0 Å². The Hall–Kier alpha value is -2.14. The fraction of sp³-hybridized carbons (Fsp3) is 0.444. The predicted molar refractivity (Wildman–Crippen MR) is 95.4 cm³/mol. The smallest absolute Gasteiger partial charge is 0.224 e. The number of nitrogens with one attached hydrogen (secondary N) is 2. The number of hydrogen-bond acceptors (Lipinski definition) is 5. The Bertz CT molecular complexity index is 623. The highest BCUT2D eigenvalue weighted by Gasteiger charge is 2.26. The van der Waals surface area contributed by atoms with E-state index in [-0.39, 0.29) is 0 Å². The van der Waals surface area contributed by atoms with E-state index in [1.165, 1.54) is 12.8 Å². The Kier molecular flexibility index (Phi) is 5.08. The van der Waals surface area contributed by atoms with Crippen LogP contribution in [0.1, 0.15) is 30.9 Å². The molecule has 1 aromatic carbocycles. The summed E-state index contributed by atoms with van der Waals surface area (Å²) >= 11 is 0. The highest BCUT2D eigenvalue weighted by Crippen LogP contribution is 2.40. The van der Waals surface area contributed by atoms with E-state index < -0.39 is 0 Å². The second-order valence-electron chi connectivity index (χ2n) is 6.35. The molecule has 1 aliphatic carbocycles. The van der Waals surface area contributed by atoms with E-state index in [0.29, 0.717) is 5.92 Å². The standard InChI is InChI=1S/C18H25N5/c1-23(2)12-6-11-19-18-21-16(14-9-10-14)13-17(22-18)20-15-7-4-3-5-8-15/h3-5,7-8,13-14H,6,9-12H2,1-2H3,(H2,19,20,21,22). The highest BCUT2D eigenvalue weighted by atomic mass is 15.1. The molecule has 0 aliphatic heterocycles.